The van der Waals surface area contributed by atoms with E-state index in [0.717, 1.165) is 28.1 Å². The van der Waals surface area contributed by atoms with Crippen LogP contribution in [-0.4, -0.2) is 15.0 Å². The summed E-state index contributed by atoms with van der Waals surface area (Å²) in [5.41, 5.74) is 15.0. The highest BCUT2D eigenvalue weighted by Gasteiger charge is 2.37. The van der Waals surface area contributed by atoms with Gasteiger partial charge in [0.25, 0.3) is 0 Å². The highest BCUT2D eigenvalue weighted by Crippen LogP contribution is 2.52. The molecular formula is C42H31N3. The maximum absolute atomic E-state index is 5.04. The lowest BCUT2D eigenvalue weighted by atomic mass is 9.79. The van der Waals surface area contributed by atoms with E-state index in [4.69, 9.17) is 9.97 Å². The Morgan fingerprint density at radius 1 is 0.422 bits per heavy atom. The molecule has 0 N–H and O–H groups in total. The predicted octanol–water partition coefficient (Wildman–Crippen LogP) is 10.5. The monoisotopic (exact) mass is 577 g/mol. The number of hydrogen-bond donors (Lipinski definition) is 0. The molecule has 7 aromatic rings. The van der Waals surface area contributed by atoms with Gasteiger partial charge in [0.05, 0.1) is 11.4 Å². The van der Waals surface area contributed by atoms with Gasteiger partial charge in [0, 0.05) is 34.5 Å². The summed E-state index contributed by atoms with van der Waals surface area (Å²) in [5.74, 6) is 0.682. The number of rotatable bonds is 5. The summed E-state index contributed by atoms with van der Waals surface area (Å²) in [4.78, 5) is 14.2. The summed E-state index contributed by atoms with van der Waals surface area (Å²) in [7, 11) is 0. The van der Waals surface area contributed by atoms with Crippen LogP contribution in [0.1, 0.15) is 25.0 Å². The fraction of sp³-hybridized carbons (Fsp3) is 0.0714. The van der Waals surface area contributed by atoms with Crippen LogP contribution in [0.3, 0.4) is 0 Å². The third-order valence-electron chi connectivity index (χ3n) is 9.02. The maximum atomic E-state index is 5.04. The Morgan fingerprint density at radius 3 is 1.64 bits per heavy atom. The van der Waals surface area contributed by atoms with Gasteiger partial charge in [0.15, 0.2) is 5.82 Å². The standard InChI is InChI=1S/C42H31N3/c1-42(2)37-14-7-6-11-35(37)36-13-8-12-34(40(36)42)30-17-21-32(22-18-30)39-27-38(44-41(45-39)33-23-25-43-26-24-33)31-19-15-29(16-20-31)28-9-4-3-5-10-28/h3-27H,1-2H3. The van der Waals surface area contributed by atoms with Gasteiger partial charge < -0.3 is 0 Å². The molecule has 8 rings (SSSR count). The Bertz CT molecular complexity index is 2150. The van der Waals surface area contributed by atoms with E-state index < -0.39 is 0 Å². The molecule has 0 bridgehead atoms. The van der Waals surface area contributed by atoms with Crippen LogP contribution in [0.15, 0.2) is 152 Å². The fourth-order valence-corrected chi connectivity index (χ4v) is 6.75. The van der Waals surface area contributed by atoms with E-state index in [0.29, 0.717) is 5.82 Å². The highest BCUT2D eigenvalue weighted by atomic mass is 14.9. The molecule has 1 aliphatic rings. The van der Waals surface area contributed by atoms with Crippen LogP contribution in [0.5, 0.6) is 0 Å². The SMILES string of the molecule is CC1(C)c2ccccc2-c2cccc(-c3ccc(-c4cc(-c5ccc(-c6ccccc6)cc5)nc(-c5ccncc5)n4)cc3)c21. The largest absolute Gasteiger partial charge is 0.265 e. The molecule has 0 fully saturated rings. The average molecular weight is 578 g/mol. The van der Waals surface area contributed by atoms with Crippen LogP contribution in [0, 0.1) is 0 Å². The normalized spacial score (nSPS) is 12.8. The molecule has 0 saturated heterocycles. The van der Waals surface area contributed by atoms with Crippen molar-refractivity contribution in [2.45, 2.75) is 19.3 Å². The molecule has 214 valence electrons. The summed E-state index contributed by atoms with van der Waals surface area (Å²) in [6.07, 6.45) is 3.57. The third kappa shape index (κ3) is 4.74. The fourth-order valence-electron chi connectivity index (χ4n) is 6.75. The molecule has 0 saturated carbocycles. The van der Waals surface area contributed by atoms with E-state index in [2.05, 4.69) is 140 Å². The van der Waals surface area contributed by atoms with Gasteiger partial charge in [-0.25, -0.2) is 9.97 Å². The van der Waals surface area contributed by atoms with E-state index in [1.807, 2.05) is 18.2 Å². The lowest BCUT2D eigenvalue weighted by Crippen LogP contribution is -2.16. The minimum absolute atomic E-state index is 0.0712. The van der Waals surface area contributed by atoms with Crippen molar-refractivity contribution >= 4 is 0 Å². The Balaban J connectivity index is 1.19. The first-order valence-corrected chi connectivity index (χ1v) is 15.4. The van der Waals surface area contributed by atoms with Crippen molar-refractivity contribution in [1.82, 2.24) is 15.0 Å². The van der Waals surface area contributed by atoms with E-state index in [9.17, 15) is 0 Å². The molecule has 0 amide bonds. The zero-order chi connectivity index (χ0) is 30.4. The van der Waals surface area contributed by atoms with Crippen molar-refractivity contribution in [3.63, 3.8) is 0 Å². The zero-order valence-electron chi connectivity index (χ0n) is 25.3. The number of hydrogen-bond acceptors (Lipinski definition) is 3. The molecule has 45 heavy (non-hydrogen) atoms. The number of nitrogens with zero attached hydrogens (tertiary/aromatic N) is 3. The lowest BCUT2D eigenvalue weighted by molar-refractivity contribution is 0.662. The Labute approximate surface area is 264 Å². The smallest absolute Gasteiger partial charge is 0.160 e. The first-order valence-electron chi connectivity index (χ1n) is 15.4. The second kappa shape index (κ2) is 10.8. The summed E-state index contributed by atoms with van der Waals surface area (Å²) in [6, 6.07) is 49.4. The van der Waals surface area contributed by atoms with Crippen LogP contribution < -0.4 is 0 Å². The van der Waals surface area contributed by atoms with Gasteiger partial charge >= 0.3 is 0 Å². The average Bonchev–Trinajstić information content (AvgIpc) is 3.35. The quantitative estimate of drug-likeness (QED) is 0.204. The molecule has 2 aromatic heterocycles. The first kappa shape index (κ1) is 26.9. The summed E-state index contributed by atoms with van der Waals surface area (Å²) in [6.45, 7) is 4.68. The van der Waals surface area contributed by atoms with E-state index >= 15 is 0 Å². The molecule has 3 nitrogen and oxygen atoms in total. The van der Waals surface area contributed by atoms with Gasteiger partial charge in [-0.3, -0.25) is 4.98 Å². The van der Waals surface area contributed by atoms with Crippen molar-refractivity contribution in [3.05, 3.63) is 163 Å². The molecule has 5 aromatic carbocycles. The van der Waals surface area contributed by atoms with Crippen molar-refractivity contribution in [1.29, 1.82) is 0 Å². The summed E-state index contributed by atoms with van der Waals surface area (Å²) >= 11 is 0. The Hall–Kier alpha value is -5.67. The molecule has 0 unspecified atom stereocenters. The summed E-state index contributed by atoms with van der Waals surface area (Å²) < 4.78 is 0. The molecule has 2 heterocycles. The topological polar surface area (TPSA) is 38.7 Å². The molecule has 0 aliphatic heterocycles. The second-order valence-electron chi connectivity index (χ2n) is 12.1. The molecule has 0 atom stereocenters. The van der Waals surface area contributed by atoms with Crippen LogP contribution in [0.25, 0.3) is 67.3 Å². The van der Waals surface area contributed by atoms with Gasteiger partial charge in [-0.2, -0.15) is 0 Å². The number of aromatic nitrogens is 3. The van der Waals surface area contributed by atoms with Crippen LogP contribution in [0.2, 0.25) is 0 Å². The van der Waals surface area contributed by atoms with Crippen molar-refractivity contribution < 1.29 is 0 Å². The maximum Gasteiger partial charge on any atom is 0.160 e. The minimum atomic E-state index is -0.0712. The third-order valence-corrected chi connectivity index (χ3v) is 9.02. The van der Waals surface area contributed by atoms with Crippen molar-refractivity contribution in [2.24, 2.45) is 0 Å². The van der Waals surface area contributed by atoms with Crippen LogP contribution in [-0.2, 0) is 5.41 Å². The van der Waals surface area contributed by atoms with E-state index in [1.54, 1.807) is 12.4 Å². The number of benzene rings is 5. The Morgan fingerprint density at radius 2 is 0.956 bits per heavy atom. The second-order valence-corrected chi connectivity index (χ2v) is 12.1. The highest BCUT2D eigenvalue weighted by molar-refractivity contribution is 5.88. The van der Waals surface area contributed by atoms with Gasteiger partial charge in [-0.05, 0) is 62.7 Å². The van der Waals surface area contributed by atoms with E-state index in [-0.39, 0.29) is 5.41 Å². The zero-order valence-corrected chi connectivity index (χ0v) is 25.3. The molecule has 0 radical (unpaired) electrons. The van der Waals surface area contributed by atoms with Gasteiger partial charge in [-0.15, -0.1) is 0 Å². The van der Waals surface area contributed by atoms with Crippen molar-refractivity contribution in [2.75, 3.05) is 0 Å². The first-order chi connectivity index (χ1) is 22.1. The number of fused-ring (bicyclic) bond motifs is 3. The van der Waals surface area contributed by atoms with Crippen LogP contribution in [0.4, 0.5) is 0 Å². The van der Waals surface area contributed by atoms with Gasteiger partial charge in [0.1, 0.15) is 0 Å². The molecule has 1 aliphatic carbocycles. The van der Waals surface area contributed by atoms with Crippen LogP contribution >= 0.6 is 0 Å². The summed E-state index contributed by atoms with van der Waals surface area (Å²) in [5, 5.41) is 0. The molecule has 3 heteroatoms. The van der Waals surface area contributed by atoms with Gasteiger partial charge in [0.2, 0.25) is 0 Å². The Kier molecular flexibility index (Phi) is 6.46. The number of pyridine rings is 1. The molecule has 0 spiro atoms. The van der Waals surface area contributed by atoms with E-state index in [1.165, 1.54) is 44.5 Å². The van der Waals surface area contributed by atoms with Crippen molar-refractivity contribution in [3.8, 4) is 67.3 Å². The minimum Gasteiger partial charge on any atom is -0.265 e. The lowest BCUT2D eigenvalue weighted by Gasteiger charge is -2.24. The molecular weight excluding hydrogens is 546 g/mol. The predicted molar refractivity (Wildman–Crippen MR) is 185 cm³/mol. The van der Waals surface area contributed by atoms with Gasteiger partial charge in [-0.1, -0.05) is 135 Å².